The molecule has 2 aromatic heterocycles. The fourth-order valence-corrected chi connectivity index (χ4v) is 3.85. The quantitative estimate of drug-likeness (QED) is 0.917. The van der Waals surface area contributed by atoms with Crippen molar-refractivity contribution in [3.8, 4) is 0 Å². The van der Waals surface area contributed by atoms with Crippen LogP contribution in [0.3, 0.4) is 0 Å². The molecule has 106 valence electrons. The minimum Gasteiger partial charge on any atom is -0.325 e. The highest BCUT2D eigenvalue weighted by Crippen LogP contribution is 2.25. The summed E-state index contributed by atoms with van der Waals surface area (Å²) in [5.41, 5.74) is 2.18. The first-order chi connectivity index (χ1) is 9.88. The largest absolute Gasteiger partial charge is 0.325 e. The highest BCUT2D eigenvalue weighted by atomic mass is 32.2. The van der Waals surface area contributed by atoms with E-state index in [9.17, 15) is 0 Å². The molecule has 0 spiro atoms. The Bertz CT molecular complexity index is 576. The number of fused-ring (bicyclic) bond motifs is 1. The number of nitrogens with one attached hydrogen (secondary N) is 1. The third-order valence-electron chi connectivity index (χ3n) is 3.95. The van der Waals surface area contributed by atoms with E-state index in [4.69, 9.17) is 0 Å². The Morgan fingerprint density at radius 3 is 3.25 bits per heavy atom. The number of piperidine rings is 1. The summed E-state index contributed by atoms with van der Waals surface area (Å²) in [6.07, 6.45) is 6.65. The second-order valence-electron chi connectivity index (χ2n) is 5.44. The van der Waals surface area contributed by atoms with E-state index in [-0.39, 0.29) is 0 Å². The summed E-state index contributed by atoms with van der Waals surface area (Å²) >= 11 is 1.83. The predicted molar refractivity (Wildman–Crippen MR) is 76.9 cm³/mol. The maximum absolute atomic E-state index is 4.63. The molecule has 0 unspecified atom stereocenters. The molecule has 20 heavy (non-hydrogen) atoms. The minimum absolute atomic E-state index is 0.514. The molecule has 6 nitrogen and oxygen atoms in total. The van der Waals surface area contributed by atoms with Crippen LogP contribution < -0.4 is 5.32 Å². The van der Waals surface area contributed by atoms with Crippen molar-refractivity contribution in [2.75, 3.05) is 18.8 Å². The number of hydrogen-bond acceptors (Lipinski definition) is 5. The molecular weight excluding hydrogens is 272 g/mol. The van der Waals surface area contributed by atoms with Gasteiger partial charge < -0.3 is 9.88 Å². The van der Waals surface area contributed by atoms with Crippen LogP contribution in [0.4, 0.5) is 0 Å². The maximum Gasteiger partial charge on any atom is 0.168 e. The fourth-order valence-electron chi connectivity index (χ4n) is 2.89. The standard InChI is InChI=1S/C13H18N6S/c1-2-10(6-14-3-1)12-9-19(17-16-12)8-11-7-18-4-5-20-13(18)15-11/h7,9-10,14H,1-6,8H2/t10-/m1/s1. The SMILES string of the molecule is c1c([C@@H]2CCCNC2)nnn1Cc1cn2c(n1)SCC2. The zero-order valence-corrected chi connectivity index (χ0v) is 12.1. The van der Waals surface area contributed by atoms with Crippen LogP contribution in [-0.4, -0.2) is 43.4 Å². The van der Waals surface area contributed by atoms with E-state index < -0.39 is 0 Å². The van der Waals surface area contributed by atoms with Gasteiger partial charge in [-0.2, -0.15) is 0 Å². The second kappa shape index (κ2) is 5.21. The van der Waals surface area contributed by atoms with Gasteiger partial charge in [0.15, 0.2) is 5.16 Å². The molecule has 0 aliphatic carbocycles. The molecule has 4 rings (SSSR count). The Kier molecular flexibility index (Phi) is 3.23. The zero-order chi connectivity index (χ0) is 13.4. The summed E-state index contributed by atoms with van der Waals surface area (Å²) in [7, 11) is 0. The van der Waals surface area contributed by atoms with Gasteiger partial charge >= 0.3 is 0 Å². The summed E-state index contributed by atoms with van der Waals surface area (Å²) < 4.78 is 4.13. The topological polar surface area (TPSA) is 60.6 Å². The summed E-state index contributed by atoms with van der Waals surface area (Å²) in [6, 6.07) is 0. The number of hydrogen-bond donors (Lipinski definition) is 1. The molecular formula is C13H18N6S. The molecule has 7 heteroatoms. The number of imidazole rings is 1. The molecule has 1 fully saturated rings. The summed E-state index contributed by atoms with van der Waals surface area (Å²) in [6.45, 7) is 3.94. The van der Waals surface area contributed by atoms with Gasteiger partial charge in [0.25, 0.3) is 0 Å². The predicted octanol–water partition coefficient (Wildman–Crippen LogP) is 1.10. The monoisotopic (exact) mass is 290 g/mol. The molecule has 1 atom stereocenters. The van der Waals surface area contributed by atoms with Crippen molar-refractivity contribution < 1.29 is 0 Å². The molecule has 0 saturated carbocycles. The summed E-state index contributed by atoms with van der Waals surface area (Å²) in [4.78, 5) is 4.63. The lowest BCUT2D eigenvalue weighted by Gasteiger charge is -2.20. The molecule has 1 saturated heterocycles. The van der Waals surface area contributed by atoms with Gasteiger partial charge in [-0.05, 0) is 19.4 Å². The third kappa shape index (κ3) is 2.35. The first kappa shape index (κ1) is 12.4. The minimum atomic E-state index is 0.514. The van der Waals surface area contributed by atoms with E-state index in [0.29, 0.717) is 12.5 Å². The highest BCUT2D eigenvalue weighted by Gasteiger charge is 2.19. The molecule has 2 aliphatic rings. The van der Waals surface area contributed by atoms with Gasteiger partial charge in [-0.15, -0.1) is 5.10 Å². The fraction of sp³-hybridized carbons (Fsp3) is 0.615. The second-order valence-corrected chi connectivity index (χ2v) is 6.50. The first-order valence-corrected chi connectivity index (χ1v) is 8.16. The van der Waals surface area contributed by atoms with Gasteiger partial charge in [0.1, 0.15) is 0 Å². The van der Waals surface area contributed by atoms with Crippen molar-refractivity contribution >= 4 is 11.8 Å². The lowest BCUT2D eigenvalue weighted by Crippen LogP contribution is -2.28. The normalized spacial score (nSPS) is 22.1. The van der Waals surface area contributed by atoms with E-state index in [1.807, 2.05) is 16.4 Å². The number of aromatic nitrogens is 5. The Labute approximate surface area is 122 Å². The van der Waals surface area contributed by atoms with E-state index in [0.717, 1.165) is 41.9 Å². The molecule has 0 aromatic carbocycles. The summed E-state index contributed by atoms with van der Waals surface area (Å²) in [5.74, 6) is 1.66. The van der Waals surface area contributed by atoms with Gasteiger partial charge in [-0.1, -0.05) is 17.0 Å². The van der Waals surface area contributed by atoms with Gasteiger partial charge in [0, 0.05) is 37.2 Å². The lowest BCUT2D eigenvalue weighted by molar-refractivity contribution is 0.454. The molecule has 4 heterocycles. The van der Waals surface area contributed by atoms with E-state index in [1.165, 1.54) is 12.8 Å². The number of thioether (sulfide) groups is 1. The first-order valence-electron chi connectivity index (χ1n) is 7.18. The van der Waals surface area contributed by atoms with Gasteiger partial charge in [-0.25, -0.2) is 9.67 Å². The van der Waals surface area contributed by atoms with Crippen molar-refractivity contribution in [1.29, 1.82) is 0 Å². The third-order valence-corrected chi connectivity index (χ3v) is 4.92. The van der Waals surface area contributed by atoms with Crippen LogP contribution in [0.15, 0.2) is 17.6 Å². The van der Waals surface area contributed by atoms with E-state index in [1.54, 1.807) is 0 Å². The molecule has 2 aliphatic heterocycles. The molecule has 0 bridgehead atoms. The van der Waals surface area contributed by atoms with Crippen molar-refractivity contribution in [3.63, 3.8) is 0 Å². The number of nitrogens with zero attached hydrogens (tertiary/aromatic N) is 5. The van der Waals surface area contributed by atoms with Crippen LogP contribution in [-0.2, 0) is 13.1 Å². The lowest BCUT2D eigenvalue weighted by atomic mass is 9.97. The average molecular weight is 290 g/mol. The van der Waals surface area contributed by atoms with Crippen molar-refractivity contribution in [3.05, 3.63) is 23.8 Å². The average Bonchev–Trinajstić information content (AvgIpc) is 3.16. The van der Waals surface area contributed by atoms with Crippen molar-refractivity contribution in [2.24, 2.45) is 0 Å². The molecule has 1 N–H and O–H groups in total. The zero-order valence-electron chi connectivity index (χ0n) is 11.3. The highest BCUT2D eigenvalue weighted by molar-refractivity contribution is 7.99. The van der Waals surface area contributed by atoms with Gasteiger partial charge in [0.05, 0.1) is 17.9 Å². The van der Waals surface area contributed by atoms with E-state index >= 15 is 0 Å². The van der Waals surface area contributed by atoms with Crippen LogP contribution in [0, 0.1) is 0 Å². The maximum atomic E-state index is 4.63. The summed E-state index contributed by atoms with van der Waals surface area (Å²) in [5, 5.41) is 13.1. The Balaban J connectivity index is 1.47. The number of aryl methyl sites for hydroxylation is 1. The van der Waals surface area contributed by atoms with Crippen LogP contribution in [0.1, 0.15) is 30.1 Å². The Morgan fingerprint density at radius 2 is 2.40 bits per heavy atom. The van der Waals surface area contributed by atoms with Crippen LogP contribution in [0.5, 0.6) is 0 Å². The van der Waals surface area contributed by atoms with Crippen molar-refractivity contribution in [1.82, 2.24) is 29.9 Å². The molecule has 0 amide bonds. The molecule has 2 aromatic rings. The molecule has 0 radical (unpaired) electrons. The van der Waals surface area contributed by atoms with Gasteiger partial charge in [0.2, 0.25) is 0 Å². The van der Waals surface area contributed by atoms with E-state index in [2.05, 4.69) is 37.6 Å². The number of rotatable bonds is 3. The Hall–Kier alpha value is -1.34. The van der Waals surface area contributed by atoms with Crippen LogP contribution in [0.2, 0.25) is 0 Å². The van der Waals surface area contributed by atoms with Crippen molar-refractivity contribution in [2.45, 2.75) is 37.0 Å². The smallest absolute Gasteiger partial charge is 0.168 e. The van der Waals surface area contributed by atoms with Crippen LogP contribution in [0.25, 0.3) is 0 Å². The van der Waals surface area contributed by atoms with Gasteiger partial charge in [-0.3, -0.25) is 0 Å². The Morgan fingerprint density at radius 1 is 1.40 bits per heavy atom. The van der Waals surface area contributed by atoms with Crippen LogP contribution >= 0.6 is 11.8 Å².